The molecule has 2 aromatic carbocycles. The second kappa shape index (κ2) is 15.4. The van der Waals surface area contributed by atoms with E-state index < -0.39 is 35.4 Å². The van der Waals surface area contributed by atoms with E-state index in [1.165, 1.54) is 12.1 Å². The quantitative estimate of drug-likeness (QED) is 0.117. The average Bonchev–Trinajstić information content (AvgIpc) is 3.98. The average molecular weight is 788 g/mol. The van der Waals surface area contributed by atoms with Crippen LogP contribution in [0.1, 0.15) is 72.9 Å². The summed E-state index contributed by atoms with van der Waals surface area (Å²) in [4.78, 5) is 67.7. The number of Topliss-reactive ketones (excluding diaryl/α,β-unsaturated/α-hetero) is 1. The first-order valence-corrected chi connectivity index (χ1v) is 19.8. The molecule has 3 aromatic heterocycles. The summed E-state index contributed by atoms with van der Waals surface area (Å²) in [6.45, 7) is 3.31. The SMILES string of the molecule is CN(Cc1ccc2c(c1)C(C(=O)C=O)N(C1CCC(=O)NC1=O)C2)C1CCN(c2cccc(-c3cnn4ccc(N5CCCC5c5ccc(F)cc5F)nc34)n2)CC1. The maximum atomic E-state index is 14.8. The van der Waals surface area contributed by atoms with Gasteiger partial charge in [0.1, 0.15) is 29.3 Å². The lowest BCUT2D eigenvalue weighted by atomic mass is 9.97. The number of anilines is 2. The van der Waals surface area contributed by atoms with Crippen molar-refractivity contribution in [1.82, 2.24) is 34.7 Å². The Kier molecular flexibility index (Phi) is 10.0. The zero-order valence-corrected chi connectivity index (χ0v) is 32.1. The molecule has 58 heavy (non-hydrogen) atoms. The van der Waals surface area contributed by atoms with Crippen LogP contribution in [0.2, 0.25) is 0 Å². The third-order valence-corrected chi connectivity index (χ3v) is 12.3. The van der Waals surface area contributed by atoms with E-state index in [1.807, 2.05) is 48.7 Å². The first-order chi connectivity index (χ1) is 28.1. The number of aromatic nitrogens is 4. The van der Waals surface area contributed by atoms with Gasteiger partial charge in [0.2, 0.25) is 17.6 Å². The molecule has 0 radical (unpaired) electrons. The number of benzene rings is 2. The minimum atomic E-state index is -0.858. The van der Waals surface area contributed by atoms with E-state index in [1.54, 1.807) is 15.6 Å². The van der Waals surface area contributed by atoms with Crippen molar-refractivity contribution in [3.8, 4) is 11.3 Å². The highest BCUT2D eigenvalue weighted by atomic mass is 19.1. The Morgan fingerprint density at radius 3 is 2.57 bits per heavy atom. The molecule has 3 atom stereocenters. The van der Waals surface area contributed by atoms with Crippen LogP contribution < -0.4 is 15.1 Å². The fourth-order valence-electron chi connectivity index (χ4n) is 9.32. The van der Waals surface area contributed by atoms with Gasteiger partial charge in [0.15, 0.2) is 11.9 Å². The molecular weight excluding hydrogens is 745 g/mol. The Morgan fingerprint density at radius 2 is 1.78 bits per heavy atom. The smallest absolute Gasteiger partial charge is 0.243 e. The van der Waals surface area contributed by atoms with Crippen LogP contribution in [0.4, 0.5) is 20.4 Å². The number of ketones is 1. The number of rotatable bonds is 10. The number of nitrogens with zero attached hydrogens (tertiary/aromatic N) is 8. The van der Waals surface area contributed by atoms with Crippen LogP contribution in [-0.4, -0.2) is 92.0 Å². The van der Waals surface area contributed by atoms with Gasteiger partial charge in [-0.1, -0.05) is 30.3 Å². The molecule has 7 heterocycles. The lowest BCUT2D eigenvalue weighted by Crippen LogP contribution is -2.52. The number of piperidine rings is 2. The summed E-state index contributed by atoms with van der Waals surface area (Å²) in [5.74, 6) is -0.940. The largest absolute Gasteiger partial charge is 0.356 e. The predicted octanol–water partition coefficient (Wildman–Crippen LogP) is 4.94. The van der Waals surface area contributed by atoms with Crippen LogP contribution in [0.3, 0.4) is 0 Å². The van der Waals surface area contributed by atoms with Gasteiger partial charge in [-0.25, -0.2) is 23.3 Å². The first kappa shape index (κ1) is 37.6. The molecule has 1 N–H and O–H groups in total. The van der Waals surface area contributed by atoms with Crippen molar-refractivity contribution in [2.45, 2.75) is 75.8 Å². The van der Waals surface area contributed by atoms with Crippen LogP contribution in [-0.2, 0) is 32.3 Å². The summed E-state index contributed by atoms with van der Waals surface area (Å²) >= 11 is 0. The number of carbonyl (C=O) groups is 4. The number of halogens is 2. The predicted molar refractivity (Wildman–Crippen MR) is 211 cm³/mol. The number of carbonyl (C=O) groups excluding carboxylic acids is 4. The Hall–Kier alpha value is -5.93. The Labute approximate surface area is 333 Å². The number of pyridine rings is 1. The maximum Gasteiger partial charge on any atom is 0.243 e. The lowest BCUT2D eigenvalue weighted by Gasteiger charge is -2.37. The topological polar surface area (TPSA) is 136 Å². The fourth-order valence-corrected chi connectivity index (χ4v) is 9.32. The second-order valence-electron chi connectivity index (χ2n) is 15.7. The monoisotopic (exact) mass is 787 g/mol. The van der Waals surface area contributed by atoms with E-state index in [-0.39, 0.29) is 18.4 Å². The standard InChI is InChI=1S/C43H43F2N9O4/c1-50(23-26-7-8-27-24-53(36-11-12-40(57)49-43(36)58)41(31(27)20-26)37(56)25-55)29-13-17-51(18-14-29)38-6-2-4-34(47-38)32-22-46-54-19-15-39(48-42(32)54)52-16-3-5-35(52)30-10-9-28(44)21-33(30)45/h2,4,6-10,15,19-22,25,29,35-36,41H,3,5,11-14,16-18,23-24H2,1H3,(H,49,57,58). The zero-order chi connectivity index (χ0) is 40.1. The Balaban J connectivity index is 0.865. The van der Waals surface area contributed by atoms with Gasteiger partial charge in [-0.2, -0.15) is 5.10 Å². The molecule has 9 rings (SSSR count). The van der Waals surface area contributed by atoms with Crippen molar-refractivity contribution in [2.24, 2.45) is 0 Å². The molecular formula is C43H43F2N9O4. The van der Waals surface area contributed by atoms with E-state index in [2.05, 4.69) is 32.2 Å². The highest BCUT2D eigenvalue weighted by molar-refractivity contribution is 6.27. The molecule has 15 heteroatoms. The summed E-state index contributed by atoms with van der Waals surface area (Å²) in [6, 6.07) is 16.2. The molecule has 5 aromatic rings. The summed E-state index contributed by atoms with van der Waals surface area (Å²) in [5, 5.41) is 6.92. The van der Waals surface area contributed by atoms with Gasteiger partial charge < -0.3 is 9.80 Å². The molecule has 298 valence electrons. The van der Waals surface area contributed by atoms with Crippen molar-refractivity contribution < 1.29 is 28.0 Å². The number of aldehydes is 1. The van der Waals surface area contributed by atoms with Gasteiger partial charge in [0.05, 0.1) is 29.5 Å². The number of hydrogen-bond donors (Lipinski definition) is 1. The Morgan fingerprint density at radius 1 is 0.931 bits per heavy atom. The van der Waals surface area contributed by atoms with Crippen LogP contribution in [0, 0.1) is 11.6 Å². The molecule has 0 bridgehead atoms. The third-order valence-electron chi connectivity index (χ3n) is 12.3. The summed E-state index contributed by atoms with van der Waals surface area (Å²) in [6.07, 6.45) is 7.87. The summed E-state index contributed by atoms with van der Waals surface area (Å²) in [7, 11) is 2.10. The minimum absolute atomic E-state index is 0.188. The zero-order valence-electron chi connectivity index (χ0n) is 32.1. The minimum Gasteiger partial charge on any atom is -0.356 e. The molecule has 4 aliphatic heterocycles. The molecule has 3 unspecified atom stereocenters. The van der Waals surface area contributed by atoms with Crippen LogP contribution >= 0.6 is 0 Å². The third kappa shape index (κ3) is 7.02. The van der Waals surface area contributed by atoms with E-state index in [0.29, 0.717) is 55.4 Å². The number of imide groups is 1. The number of hydrogen-bond acceptors (Lipinski definition) is 11. The molecule has 13 nitrogen and oxygen atoms in total. The van der Waals surface area contributed by atoms with E-state index >= 15 is 0 Å². The van der Waals surface area contributed by atoms with E-state index in [4.69, 9.17) is 9.97 Å². The van der Waals surface area contributed by atoms with Gasteiger partial charge in [0.25, 0.3) is 0 Å². The van der Waals surface area contributed by atoms with Crippen molar-refractivity contribution >= 4 is 41.2 Å². The lowest BCUT2D eigenvalue weighted by molar-refractivity contribution is -0.141. The van der Waals surface area contributed by atoms with Crippen molar-refractivity contribution in [2.75, 3.05) is 36.5 Å². The van der Waals surface area contributed by atoms with Crippen LogP contribution in [0.15, 0.2) is 73.1 Å². The normalized spacial score (nSPS) is 21.6. The molecule has 0 aliphatic carbocycles. The fraction of sp³-hybridized carbons (Fsp3) is 0.372. The maximum absolute atomic E-state index is 14.8. The van der Waals surface area contributed by atoms with Gasteiger partial charge >= 0.3 is 0 Å². The Bertz CT molecular complexity index is 2430. The highest BCUT2D eigenvalue weighted by Gasteiger charge is 2.43. The van der Waals surface area contributed by atoms with Gasteiger partial charge in [-0.05, 0) is 80.1 Å². The van der Waals surface area contributed by atoms with Crippen LogP contribution in [0.25, 0.3) is 16.9 Å². The number of amides is 2. The highest BCUT2D eigenvalue weighted by Crippen LogP contribution is 2.39. The molecule has 0 saturated carbocycles. The van der Waals surface area contributed by atoms with Gasteiger partial charge in [-0.15, -0.1) is 0 Å². The van der Waals surface area contributed by atoms with Gasteiger partial charge in [-0.3, -0.25) is 34.3 Å². The van der Waals surface area contributed by atoms with Gasteiger partial charge in [0, 0.05) is 63.0 Å². The van der Waals surface area contributed by atoms with Crippen molar-refractivity contribution in [1.29, 1.82) is 0 Å². The number of fused-ring (bicyclic) bond motifs is 2. The second-order valence-corrected chi connectivity index (χ2v) is 15.7. The molecule has 0 spiro atoms. The molecule has 3 fully saturated rings. The summed E-state index contributed by atoms with van der Waals surface area (Å²) < 4.78 is 30.2. The molecule has 4 aliphatic rings. The summed E-state index contributed by atoms with van der Waals surface area (Å²) in [5.41, 5.74) is 5.30. The first-order valence-electron chi connectivity index (χ1n) is 19.8. The van der Waals surface area contributed by atoms with E-state index in [9.17, 15) is 28.0 Å². The molecule has 2 amide bonds. The van der Waals surface area contributed by atoms with Crippen molar-refractivity contribution in [3.63, 3.8) is 0 Å². The molecule has 3 saturated heterocycles. The van der Waals surface area contributed by atoms with Crippen molar-refractivity contribution in [3.05, 3.63) is 107 Å². The van der Waals surface area contributed by atoms with E-state index in [0.717, 1.165) is 78.6 Å². The number of nitrogens with one attached hydrogen (secondary N) is 1. The van der Waals surface area contributed by atoms with Crippen LogP contribution in [0.5, 0.6) is 0 Å².